The quantitative estimate of drug-likeness (QED) is 0.585. The fourth-order valence-electron chi connectivity index (χ4n) is 3.85. The second-order valence-corrected chi connectivity index (χ2v) is 9.40. The summed E-state index contributed by atoms with van der Waals surface area (Å²) in [6, 6.07) is 0. The first kappa shape index (κ1) is 22.9. The van der Waals surface area contributed by atoms with Gasteiger partial charge in [0.1, 0.15) is 5.84 Å². The number of amidine groups is 1. The number of thioether (sulfide) groups is 1. The van der Waals surface area contributed by atoms with E-state index in [2.05, 4.69) is 15.3 Å². The van der Waals surface area contributed by atoms with E-state index in [1.165, 1.54) is 0 Å². The van der Waals surface area contributed by atoms with Crippen LogP contribution in [0.2, 0.25) is 0 Å². The number of hydrogen-bond acceptors (Lipinski definition) is 6. The predicted octanol–water partition coefficient (Wildman–Crippen LogP) is 2.21. The van der Waals surface area contributed by atoms with Crippen molar-refractivity contribution in [3.8, 4) is 0 Å². The molecule has 1 saturated carbocycles. The van der Waals surface area contributed by atoms with Gasteiger partial charge < -0.3 is 16.8 Å². The lowest BCUT2D eigenvalue weighted by Gasteiger charge is -2.32. The van der Waals surface area contributed by atoms with E-state index in [9.17, 15) is 18.0 Å². The zero-order valence-electron chi connectivity index (χ0n) is 16.7. The Morgan fingerprint density at radius 3 is 2.77 bits per heavy atom. The van der Waals surface area contributed by atoms with Crippen molar-refractivity contribution in [1.82, 2.24) is 5.32 Å². The van der Waals surface area contributed by atoms with Gasteiger partial charge in [0.05, 0.1) is 31.3 Å². The van der Waals surface area contributed by atoms with E-state index in [1.54, 1.807) is 17.8 Å². The van der Waals surface area contributed by atoms with Crippen molar-refractivity contribution < 1.29 is 18.0 Å². The highest BCUT2D eigenvalue weighted by molar-refractivity contribution is 8.00. The molecule has 4 atom stereocenters. The largest absolute Gasteiger partial charge is 0.391 e. The van der Waals surface area contributed by atoms with Crippen LogP contribution in [0.1, 0.15) is 25.7 Å². The molecule has 1 aliphatic carbocycles. The summed E-state index contributed by atoms with van der Waals surface area (Å²) < 4.78 is 39.0. The van der Waals surface area contributed by atoms with Crippen LogP contribution in [0.4, 0.5) is 13.2 Å². The van der Waals surface area contributed by atoms with Crippen molar-refractivity contribution in [2.45, 2.75) is 42.4 Å². The third kappa shape index (κ3) is 6.10. The van der Waals surface area contributed by atoms with E-state index in [0.29, 0.717) is 30.9 Å². The average Bonchev–Trinajstić information content (AvgIpc) is 2.73. The Kier molecular flexibility index (Phi) is 7.62. The fraction of sp³-hybridized carbons (Fsp3) is 0.650. The van der Waals surface area contributed by atoms with Gasteiger partial charge in [0, 0.05) is 28.5 Å². The van der Waals surface area contributed by atoms with Crippen LogP contribution < -0.4 is 16.8 Å². The van der Waals surface area contributed by atoms with Gasteiger partial charge in [-0.2, -0.15) is 13.2 Å². The molecule has 1 fully saturated rings. The SMILES string of the molecule is NCC1C=C(C(=O)NCC2=NCC(SC3CCCC(C(F)(F)F)C3)C=C2)CN=C1N. The molecule has 0 spiro atoms. The highest BCUT2D eigenvalue weighted by atomic mass is 32.2. The van der Waals surface area contributed by atoms with E-state index in [-0.39, 0.29) is 48.3 Å². The molecule has 10 heteroatoms. The lowest BCUT2D eigenvalue weighted by Crippen LogP contribution is -2.37. The van der Waals surface area contributed by atoms with Crippen LogP contribution in [0.15, 0.2) is 33.8 Å². The molecule has 3 rings (SSSR count). The van der Waals surface area contributed by atoms with Gasteiger partial charge in [0.15, 0.2) is 0 Å². The summed E-state index contributed by atoms with van der Waals surface area (Å²) in [5.41, 5.74) is 12.7. The molecule has 5 N–H and O–H groups in total. The van der Waals surface area contributed by atoms with Gasteiger partial charge >= 0.3 is 6.18 Å². The summed E-state index contributed by atoms with van der Waals surface area (Å²) in [5.74, 6) is -1.19. The third-order valence-corrected chi connectivity index (χ3v) is 7.09. The molecule has 0 aromatic heterocycles. The Hall–Kier alpha value is -1.81. The number of halogens is 3. The second kappa shape index (κ2) is 10.00. The molecule has 1 amide bonds. The van der Waals surface area contributed by atoms with Gasteiger partial charge in [-0.3, -0.25) is 14.8 Å². The first-order chi connectivity index (χ1) is 14.3. The highest BCUT2D eigenvalue weighted by Gasteiger charge is 2.42. The first-order valence-electron chi connectivity index (χ1n) is 10.2. The molecule has 2 heterocycles. The second-order valence-electron chi connectivity index (χ2n) is 7.85. The van der Waals surface area contributed by atoms with E-state index >= 15 is 0 Å². The number of rotatable bonds is 6. The maximum absolute atomic E-state index is 13.0. The van der Waals surface area contributed by atoms with Crippen LogP contribution in [0.3, 0.4) is 0 Å². The number of carbonyl (C=O) groups excluding carboxylic acids is 1. The zero-order valence-corrected chi connectivity index (χ0v) is 17.5. The number of hydrogen-bond donors (Lipinski definition) is 3. The molecule has 0 saturated heterocycles. The minimum atomic E-state index is -4.10. The number of nitrogens with two attached hydrogens (primary N) is 2. The molecular weight excluding hydrogens is 415 g/mol. The minimum Gasteiger partial charge on any atom is -0.387 e. The van der Waals surface area contributed by atoms with Crippen LogP contribution in [0.5, 0.6) is 0 Å². The lowest BCUT2D eigenvalue weighted by atomic mass is 9.88. The molecule has 4 unspecified atom stereocenters. The molecule has 3 aliphatic rings. The average molecular weight is 444 g/mol. The summed E-state index contributed by atoms with van der Waals surface area (Å²) in [6.07, 6.45) is 3.35. The predicted molar refractivity (Wildman–Crippen MR) is 115 cm³/mol. The zero-order chi connectivity index (χ0) is 21.7. The van der Waals surface area contributed by atoms with Crippen LogP contribution in [-0.4, -0.2) is 60.3 Å². The van der Waals surface area contributed by atoms with E-state index in [0.717, 1.165) is 12.1 Å². The molecule has 2 aliphatic heterocycles. The first-order valence-corrected chi connectivity index (χ1v) is 11.1. The van der Waals surface area contributed by atoms with Crippen molar-refractivity contribution in [2.24, 2.45) is 33.3 Å². The molecule has 0 aromatic carbocycles. The molecule has 0 radical (unpaired) electrons. The van der Waals surface area contributed by atoms with E-state index < -0.39 is 12.1 Å². The van der Waals surface area contributed by atoms with Gasteiger partial charge in [-0.05, 0) is 25.3 Å². The van der Waals surface area contributed by atoms with Crippen LogP contribution >= 0.6 is 11.8 Å². The highest BCUT2D eigenvalue weighted by Crippen LogP contribution is 2.42. The molecule has 0 aromatic rings. The number of carbonyl (C=O) groups is 1. The lowest BCUT2D eigenvalue weighted by molar-refractivity contribution is -0.181. The molecular formula is C20H28F3N5OS. The van der Waals surface area contributed by atoms with Crippen molar-refractivity contribution in [3.63, 3.8) is 0 Å². The molecule has 30 heavy (non-hydrogen) atoms. The van der Waals surface area contributed by atoms with Crippen molar-refractivity contribution in [2.75, 3.05) is 26.2 Å². The van der Waals surface area contributed by atoms with Gasteiger partial charge in [-0.15, -0.1) is 11.8 Å². The maximum Gasteiger partial charge on any atom is 0.391 e. The minimum absolute atomic E-state index is 0.0122. The van der Waals surface area contributed by atoms with E-state index in [4.69, 9.17) is 11.5 Å². The van der Waals surface area contributed by atoms with Gasteiger partial charge in [0.2, 0.25) is 5.91 Å². The van der Waals surface area contributed by atoms with Crippen molar-refractivity contribution >= 4 is 29.2 Å². The normalized spacial score (nSPS) is 29.7. The van der Waals surface area contributed by atoms with E-state index in [1.807, 2.05) is 12.2 Å². The smallest absolute Gasteiger partial charge is 0.387 e. The topological polar surface area (TPSA) is 106 Å². The Morgan fingerprint density at radius 1 is 1.30 bits per heavy atom. The van der Waals surface area contributed by atoms with Crippen molar-refractivity contribution in [1.29, 1.82) is 0 Å². The Morgan fingerprint density at radius 2 is 2.10 bits per heavy atom. The summed E-state index contributed by atoms with van der Waals surface area (Å²) in [6.45, 7) is 1.33. The monoisotopic (exact) mass is 443 g/mol. The number of alkyl halides is 3. The molecule has 166 valence electrons. The Bertz CT molecular complexity index is 762. The Balaban J connectivity index is 1.43. The number of amides is 1. The summed E-state index contributed by atoms with van der Waals surface area (Å²) in [5, 5.41) is 2.91. The van der Waals surface area contributed by atoms with Gasteiger partial charge in [0.25, 0.3) is 0 Å². The van der Waals surface area contributed by atoms with Crippen molar-refractivity contribution in [3.05, 3.63) is 23.8 Å². The van der Waals surface area contributed by atoms with Crippen LogP contribution in [-0.2, 0) is 4.79 Å². The third-order valence-electron chi connectivity index (χ3n) is 5.62. The summed E-state index contributed by atoms with van der Waals surface area (Å²) in [4.78, 5) is 21.0. The Labute approximate surface area is 178 Å². The summed E-state index contributed by atoms with van der Waals surface area (Å²) >= 11 is 1.58. The number of nitrogens with one attached hydrogen (secondary N) is 1. The number of aliphatic imine (C=N–C) groups is 2. The van der Waals surface area contributed by atoms with Gasteiger partial charge in [-0.1, -0.05) is 18.6 Å². The van der Waals surface area contributed by atoms with Crippen LogP contribution in [0.25, 0.3) is 0 Å². The van der Waals surface area contributed by atoms with Gasteiger partial charge in [-0.25, -0.2) is 0 Å². The number of nitrogens with zero attached hydrogens (tertiary/aromatic N) is 2. The fourth-order valence-corrected chi connectivity index (χ4v) is 5.32. The molecule has 0 bridgehead atoms. The number of dihydropyridines is 2. The van der Waals surface area contributed by atoms with Crippen LogP contribution in [0, 0.1) is 11.8 Å². The summed E-state index contributed by atoms with van der Waals surface area (Å²) in [7, 11) is 0. The molecule has 6 nitrogen and oxygen atoms in total. The maximum atomic E-state index is 13.0. The standard InChI is InChI=1S/C20H28F3N5OS/c21-20(22,23)14-2-1-3-16(7-14)30-17-5-4-15(26-11-17)10-28-19(29)13-6-12(8-24)18(25)27-9-13/h4-6,12,14,16-17H,1-3,7-11,24H2,(H2,25,27)(H,28,29).